The number of nitrogens with two attached hydrogens (primary N) is 3. The van der Waals surface area contributed by atoms with E-state index in [1.807, 2.05) is 42.7 Å². The number of carbonyl (C=O) groups is 6. The van der Waals surface area contributed by atoms with Crippen molar-refractivity contribution in [1.82, 2.24) is 87.1 Å². The van der Waals surface area contributed by atoms with Gasteiger partial charge in [0.25, 0.3) is 23.6 Å². The normalized spacial score (nSPS) is 21.5. The highest BCUT2D eigenvalue weighted by Gasteiger charge is 2.42. The summed E-state index contributed by atoms with van der Waals surface area (Å²) in [5, 5.41) is 22.4. The van der Waals surface area contributed by atoms with E-state index in [2.05, 4.69) is 100 Å². The maximum Gasteiger partial charge on any atom is 0.416 e. The Kier molecular flexibility index (Phi) is 33.9. The summed E-state index contributed by atoms with van der Waals surface area (Å²) >= 11 is 0. The van der Waals surface area contributed by atoms with Gasteiger partial charge in [0.05, 0.1) is 84.0 Å². The molecule has 8 fully saturated rings. The fraction of sp³-hybridized carbons (Fsp3) is 0.459. The van der Waals surface area contributed by atoms with E-state index >= 15 is 0 Å². The number of alkyl halides is 12. The van der Waals surface area contributed by atoms with Gasteiger partial charge in [-0.2, -0.15) is 52.7 Å². The van der Waals surface area contributed by atoms with Crippen LogP contribution in [0.5, 0.6) is 0 Å². The fourth-order valence-corrected chi connectivity index (χ4v) is 19.1. The summed E-state index contributed by atoms with van der Waals surface area (Å²) in [7, 11) is 0. The fourth-order valence-electron chi connectivity index (χ4n) is 19.1. The number of rotatable bonds is 26. The van der Waals surface area contributed by atoms with Crippen molar-refractivity contribution in [2.24, 2.45) is 0 Å². The number of hydrogen-bond donors (Lipinski definition) is 11. The molecule has 4 aromatic carbocycles. The minimum atomic E-state index is -4.54. The average molecular weight is 1900 g/mol. The Morgan fingerprint density at radius 2 is 0.721 bits per heavy atom. The van der Waals surface area contributed by atoms with Crippen molar-refractivity contribution >= 4 is 52.6 Å². The van der Waals surface area contributed by atoms with Crippen molar-refractivity contribution in [2.45, 2.75) is 206 Å². The number of nitrogens with zero attached hydrogens (tertiary/aromatic N) is 9. The molecule has 0 radical (unpaired) electrons. The Labute approximate surface area is 781 Å². The number of halogens is 12. The van der Waals surface area contributed by atoms with E-state index in [1.54, 1.807) is 30.9 Å². The largest absolute Gasteiger partial charge is 0.416 e. The van der Waals surface area contributed by atoms with Crippen LogP contribution in [-0.2, 0) is 34.3 Å². The lowest BCUT2D eigenvalue weighted by atomic mass is 9.80. The number of nitrogen functional groups attached to an aromatic ring is 3. The van der Waals surface area contributed by atoms with Crippen LogP contribution in [-0.4, -0.2) is 207 Å². The van der Waals surface area contributed by atoms with Crippen molar-refractivity contribution in [3.8, 4) is 0 Å². The molecule has 728 valence electrons. The Bertz CT molecular complexity index is 5260. The van der Waals surface area contributed by atoms with Gasteiger partial charge in [-0.25, -0.2) is 4.98 Å². The first kappa shape index (κ1) is 101. The van der Waals surface area contributed by atoms with Gasteiger partial charge in [0.1, 0.15) is 5.82 Å². The highest BCUT2D eigenvalue weighted by Crippen LogP contribution is 2.42. The molecule has 0 bridgehead atoms. The third-order valence-electron chi connectivity index (χ3n) is 26.5. The van der Waals surface area contributed by atoms with Gasteiger partial charge in [-0.1, -0.05) is 37.4 Å². The summed E-state index contributed by atoms with van der Waals surface area (Å²) < 4.78 is 154. The first-order chi connectivity index (χ1) is 64.7. The topological polar surface area (TPSA) is 354 Å². The lowest BCUT2D eigenvalue weighted by Crippen LogP contribution is -2.63. The second-order valence-electron chi connectivity index (χ2n) is 36.5. The van der Waals surface area contributed by atoms with Gasteiger partial charge in [-0.05, 0) is 230 Å². The smallest absolute Gasteiger partial charge is 0.399 e. The summed E-state index contributed by atoms with van der Waals surface area (Å²) in [6.45, 7) is 15.8. The maximum absolute atomic E-state index is 13.0. The number of hydrogen-bond acceptors (Lipinski definition) is 20. The van der Waals surface area contributed by atoms with E-state index in [4.69, 9.17) is 17.2 Å². The predicted octanol–water partition coefficient (Wildman–Crippen LogP) is 13.9. The number of anilines is 3. The number of pyridine rings is 3. The summed E-state index contributed by atoms with van der Waals surface area (Å²) in [6, 6.07) is 30.3. The van der Waals surface area contributed by atoms with Crippen molar-refractivity contribution in [1.29, 1.82) is 0 Å². The summed E-state index contributed by atoms with van der Waals surface area (Å²) in [4.78, 5) is 105. The van der Waals surface area contributed by atoms with Crippen LogP contribution >= 0.6 is 0 Å². The van der Waals surface area contributed by atoms with Gasteiger partial charge >= 0.3 is 24.7 Å². The molecule has 6 amide bonds. The third kappa shape index (κ3) is 28.9. The van der Waals surface area contributed by atoms with E-state index in [9.17, 15) is 81.5 Å². The van der Waals surface area contributed by atoms with Crippen LogP contribution in [0.15, 0.2) is 189 Å². The molecule has 0 spiro atoms. The Balaban J connectivity index is 0.000000153. The van der Waals surface area contributed by atoms with Crippen LogP contribution in [0.3, 0.4) is 0 Å². The molecule has 4 aliphatic heterocycles. The predicted molar refractivity (Wildman–Crippen MR) is 490 cm³/mol. The highest BCUT2D eigenvalue weighted by molar-refractivity contribution is 5.98. The van der Waals surface area contributed by atoms with Crippen LogP contribution in [0.2, 0.25) is 0 Å². The van der Waals surface area contributed by atoms with E-state index in [1.165, 1.54) is 55.0 Å². The van der Waals surface area contributed by atoms with Gasteiger partial charge in [-0.15, -0.1) is 0 Å². The second-order valence-corrected chi connectivity index (χ2v) is 36.5. The number of nitrogens with one attached hydrogen (secondary N) is 8. The zero-order valence-corrected chi connectivity index (χ0v) is 75.5. The molecule has 16 rings (SSSR count). The molecule has 8 heterocycles. The average Bonchev–Trinajstić information content (AvgIpc) is 0.817. The third-order valence-corrected chi connectivity index (χ3v) is 26.5. The van der Waals surface area contributed by atoms with E-state index in [0.29, 0.717) is 76.3 Å². The van der Waals surface area contributed by atoms with E-state index < -0.39 is 70.6 Å². The zero-order chi connectivity index (χ0) is 97.2. The molecular formula is C98H116F12N20O6. The molecule has 4 aromatic heterocycles. The van der Waals surface area contributed by atoms with Crippen LogP contribution < -0.4 is 59.7 Å². The Morgan fingerprint density at radius 3 is 1.11 bits per heavy atom. The maximum atomic E-state index is 13.0. The van der Waals surface area contributed by atoms with Gasteiger partial charge < -0.3 is 59.7 Å². The monoisotopic (exact) mass is 1900 g/mol. The Hall–Kier alpha value is -12.3. The minimum Gasteiger partial charge on any atom is -0.399 e. The van der Waals surface area contributed by atoms with E-state index in [-0.39, 0.29) is 84.4 Å². The molecule has 136 heavy (non-hydrogen) atoms. The standard InChI is InChI=1S/C25H30F3N5O2.2C25H30F3N5O.C23H26F3N5O2/c1-15-9-17(11-18(10-15)25(26,27)28)24(35)30-12-23(34)31-19-13-33(14-19)20-7-5-16(6-8-20)21-3-2-4-22(29)32-21;1-16(11-31-24(34)18-3-2-4-20(9-18)25(26,27)28)32-22-14-33(15-22)23-7-5-17(6-8-23)19-10-21(29)13-30-12-19;1-16(13-31-24(34)18-3-2-4-19(11-18)25(26,27)28)32-21-14-33(15-21)22-7-5-17(6-8-22)23-12-20(29)9-10-30-23;24-23(25,26)17-3-1-2-16(10-17)22(33)29-12-21(32)30-18-13-31(14-18)19-6-4-15(5-7-19)20-11-27-8-9-28-20/h2-4,9-11,16,19-20H,5-8,12-14H2,1H3,(H2,29,32)(H,30,35)(H,31,34);2-4,9-10,12-13,17,22-23,32H,1,5-8,11,14-15,29H2,(H,31,34);2-4,9-12,17,21-22,32H,1,5-8,13-15H2,(H2,29,30)(H,31,34);1-3,8-11,15,18-19H,4-7,12-14H2,(H,29,33)(H,30,32). The lowest BCUT2D eigenvalue weighted by molar-refractivity contribution is -0.138. The summed E-state index contributed by atoms with van der Waals surface area (Å²) in [5.74, 6) is -0.850. The molecule has 4 saturated heterocycles. The molecule has 4 aliphatic carbocycles. The number of aryl methyl sites for hydroxylation is 1. The van der Waals surface area contributed by atoms with Gasteiger partial charge in [0.15, 0.2) is 0 Å². The SMILES string of the molecule is C=C(CNC(=O)c1cccc(C(F)(F)F)c1)NC1CN(C2CCC(c3cc(N)ccn3)CC2)C1.C=C(CNC(=O)c1cccc(C(F)(F)F)c1)NC1CN(C2CCC(c3cncc(N)c3)CC2)C1.Cc1cc(C(=O)NCC(=O)NC2CN(C3CCC(c4cccc(N)n4)CC3)C2)cc(C(F)(F)F)c1.O=C(CNC(=O)c1cccc(C(F)(F)F)c1)NC1CN(C2CCC(c3cnccn3)CC2)C1. The number of likely N-dealkylation sites (tertiary alicyclic amines) is 4. The van der Waals surface area contributed by atoms with Crippen LogP contribution in [0.25, 0.3) is 0 Å². The molecule has 14 N–H and O–H groups in total. The minimum absolute atomic E-state index is 0.00326. The summed E-state index contributed by atoms with van der Waals surface area (Å²) in [6.07, 6.45) is 10.1. The van der Waals surface area contributed by atoms with Gasteiger partial charge in [-0.3, -0.25) is 68.3 Å². The zero-order valence-electron chi connectivity index (χ0n) is 75.5. The molecule has 8 aliphatic rings. The molecule has 38 heteroatoms. The quantitative estimate of drug-likeness (QED) is 0.0224. The van der Waals surface area contributed by atoms with Crippen LogP contribution in [0, 0.1) is 6.92 Å². The molecule has 26 nitrogen and oxygen atoms in total. The van der Waals surface area contributed by atoms with Crippen LogP contribution in [0.4, 0.5) is 69.9 Å². The van der Waals surface area contributed by atoms with Crippen molar-refractivity contribution in [3.05, 3.63) is 262 Å². The van der Waals surface area contributed by atoms with Crippen molar-refractivity contribution < 1.29 is 81.5 Å². The van der Waals surface area contributed by atoms with Gasteiger partial charge in [0.2, 0.25) is 11.8 Å². The number of aromatic nitrogens is 5. The molecule has 0 unspecified atom stereocenters. The number of amides is 6. The summed E-state index contributed by atoms with van der Waals surface area (Å²) in [5.41, 5.74) is 21.3. The van der Waals surface area contributed by atoms with Crippen LogP contribution in [0.1, 0.15) is 218 Å². The molecule has 4 saturated carbocycles. The van der Waals surface area contributed by atoms with Crippen molar-refractivity contribution in [3.63, 3.8) is 0 Å². The first-order valence-electron chi connectivity index (χ1n) is 45.9. The molecule has 0 atom stereocenters. The van der Waals surface area contributed by atoms with Gasteiger partial charge in [0, 0.05) is 182 Å². The van der Waals surface area contributed by atoms with Crippen molar-refractivity contribution in [2.75, 3.05) is 95.7 Å². The van der Waals surface area contributed by atoms with E-state index in [0.717, 1.165) is 226 Å². The number of benzene rings is 4. The molecule has 8 aromatic rings. The highest BCUT2D eigenvalue weighted by atomic mass is 19.4. The lowest BCUT2D eigenvalue weighted by Gasteiger charge is -2.47. The molecular weight excluding hydrogens is 1780 g/mol. The first-order valence-corrected chi connectivity index (χ1v) is 45.9. The second kappa shape index (κ2) is 45.6. The Morgan fingerprint density at radius 1 is 0.353 bits per heavy atom. The number of carbonyl (C=O) groups excluding carboxylic acids is 6.